The van der Waals surface area contributed by atoms with Crippen LogP contribution in [-0.4, -0.2) is 68.6 Å². The highest BCUT2D eigenvalue weighted by atomic mass is 28.4. The molecule has 0 aromatic rings. The summed E-state index contributed by atoms with van der Waals surface area (Å²) in [6.45, 7) is 18.2. The van der Waals surface area contributed by atoms with Crippen LogP contribution in [0.5, 0.6) is 0 Å². The Bertz CT molecular complexity index is 638. The second-order valence-corrected chi connectivity index (χ2v) is 15.2. The quantitative estimate of drug-likeness (QED) is 0.350. The minimum absolute atomic E-state index is 0.00370. The Morgan fingerprint density at radius 1 is 1.10 bits per heavy atom. The molecule has 30 heavy (non-hydrogen) atoms. The standard InChI is InChI=1S/C21H40N2O6Si/c1-14(24)22-15(18(25)27-8)11-12-17(29-30(9,10)21(5,6)7)16-13-23(16)19(26)28-20(2,3)4/h15-17H,11-13H2,1-10H3,(H,22,24)/t15-,16+,17+,23?/m0/s1. The summed E-state index contributed by atoms with van der Waals surface area (Å²) in [6.07, 6.45) is 0.266. The summed E-state index contributed by atoms with van der Waals surface area (Å²) in [5.74, 6) is -0.787. The topological polar surface area (TPSA) is 93.9 Å². The van der Waals surface area contributed by atoms with Crippen molar-refractivity contribution >= 4 is 26.3 Å². The van der Waals surface area contributed by atoms with Gasteiger partial charge in [0.25, 0.3) is 0 Å². The second-order valence-electron chi connectivity index (χ2n) is 10.5. The first kappa shape index (κ1) is 26.4. The summed E-state index contributed by atoms with van der Waals surface area (Å²) in [4.78, 5) is 37.7. The van der Waals surface area contributed by atoms with Crippen LogP contribution in [0.15, 0.2) is 0 Å². The highest BCUT2D eigenvalue weighted by Gasteiger charge is 2.50. The largest absolute Gasteiger partial charge is 0.467 e. The van der Waals surface area contributed by atoms with Gasteiger partial charge in [-0.15, -0.1) is 0 Å². The molecule has 0 saturated carbocycles. The summed E-state index contributed by atoms with van der Waals surface area (Å²) in [5.41, 5.74) is -0.568. The maximum atomic E-state index is 12.5. The van der Waals surface area contributed by atoms with E-state index in [1.165, 1.54) is 14.0 Å². The molecule has 1 fully saturated rings. The smallest absolute Gasteiger partial charge is 0.410 e. The highest BCUT2D eigenvalue weighted by Crippen LogP contribution is 2.40. The molecule has 0 spiro atoms. The van der Waals surface area contributed by atoms with Crippen LogP contribution in [0, 0.1) is 0 Å². The normalized spacial score (nSPS) is 19.0. The monoisotopic (exact) mass is 444 g/mol. The van der Waals surface area contributed by atoms with E-state index >= 15 is 0 Å². The summed E-state index contributed by atoms with van der Waals surface area (Å²) < 4.78 is 16.9. The molecule has 1 N–H and O–H groups in total. The Labute approximate surface area is 182 Å². The second kappa shape index (κ2) is 9.68. The molecule has 0 aromatic heterocycles. The molecule has 1 saturated heterocycles. The van der Waals surface area contributed by atoms with Crippen molar-refractivity contribution in [3.63, 3.8) is 0 Å². The lowest BCUT2D eigenvalue weighted by atomic mass is 10.1. The van der Waals surface area contributed by atoms with Gasteiger partial charge in [-0.2, -0.15) is 0 Å². The zero-order valence-electron chi connectivity index (χ0n) is 20.3. The minimum atomic E-state index is -2.12. The van der Waals surface area contributed by atoms with Gasteiger partial charge in [0.05, 0.1) is 19.3 Å². The molecule has 0 aromatic carbocycles. The third kappa shape index (κ3) is 7.90. The van der Waals surface area contributed by atoms with Crippen molar-refractivity contribution in [2.24, 2.45) is 0 Å². The number of ether oxygens (including phenoxy) is 2. The van der Waals surface area contributed by atoms with Crippen LogP contribution >= 0.6 is 0 Å². The molecule has 1 aliphatic heterocycles. The average molecular weight is 445 g/mol. The van der Waals surface area contributed by atoms with E-state index in [1.807, 2.05) is 20.8 Å². The number of hydrogen-bond acceptors (Lipinski definition) is 6. The van der Waals surface area contributed by atoms with E-state index in [0.29, 0.717) is 19.4 Å². The van der Waals surface area contributed by atoms with E-state index in [4.69, 9.17) is 13.9 Å². The van der Waals surface area contributed by atoms with E-state index in [9.17, 15) is 14.4 Å². The van der Waals surface area contributed by atoms with Gasteiger partial charge >= 0.3 is 12.1 Å². The summed E-state index contributed by atoms with van der Waals surface area (Å²) >= 11 is 0. The van der Waals surface area contributed by atoms with Crippen molar-refractivity contribution < 1.29 is 28.3 Å². The molecule has 8 nitrogen and oxygen atoms in total. The number of amides is 2. The molecule has 9 heteroatoms. The van der Waals surface area contributed by atoms with Gasteiger partial charge in [-0.1, -0.05) is 20.8 Å². The molecule has 1 rings (SSSR count). The Balaban J connectivity index is 2.95. The molecule has 1 heterocycles. The van der Waals surface area contributed by atoms with E-state index in [0.717, 1.165) is 0 Å². The lowest BCUT2D eigenvalue weighted by Crippen LogP contribution is -2.47. The molecule has 174 valence electrons. The number of methoxy groups -OCH3 is 1. The van der Waals surface area contributed by atoms with Crippen LogP contribution in [0.1, 0.15) is 61.3 Å². The lowest BCUT2D eigenvalue weighted by Gasteiger charge is -2.39. The molecule has 0 bridgehead atoms. The lowest BCUT2D eigenvalue weighted by molar-refractivity contribution is -0.145. The number of esters is 1. The summed E-state index contributed by atoms with van der Waals surface area (Å²) in [6, 6.07) is -0.851. The number of rotatable bonds is 8. The SMILES string of the molecule is COC(=O)[C@H](CC[C@@H](O[Si](C)(C)C(C)(C)C)[C@H]1CN1C(=O)OC(C)(C)C)NC(C)=O. The Kier molecular flexibility index (Phi) is 8.52. The van der Waals surface area contributed by atoms with Crippen LogP contribution in [0.2, 0.25) is 18.1 Å². The summed E-state index contributed by atoms with van der Waals surface area (Å²) in [5, 5.41) is 2.64. The van der Waals surface area contributed by atoms with Crippen LogP contribution in [-0.2, 0) is 23.5 Å². The fourth-order valence-electron chi connectivity index (χ4n) is 2.86. The Hall–Kier alpha value is -1.61. The predicted molar refractivity (Wildman–Crippen MR) is 118 cm³/mol. The molecule has 3 atom stereocenters. The van der Waals surface area contributed by atoms with Crippen molar-refractivity contribution in [1.82, 2.24) is 10.2 Å². The highest BCUT2D eigenvalue weighted by molar-refractivity contribution is 6.74. The molecule has 0 unspecified atom stereocenters. The van der Waals surface area contributed by atoms with Crippen molar-refractivity contribution in [3.8, 4) is 0 Å². The molecule has 0 radical (unpaired) electrons. The fourth-order valence-corrected chi connectivity index (χ4v) is 4.24. The molecule has 1 aliphatic rings. The van der Waals surface area contributed by atoms with Gasteiger partial charge in [-0.25, -0.2) is 9.59 Å². The number of carbonyl (C=O) groups excluding carboxylic acids is 3. The van der Waals surface area contributed by atoms with Gasteiger partial charge < -0.3 is 19.2 Å². The van der Waals surface area contributed by atoms with Crippen molar-refractivity contribution in [2.45, 2.75) is 103 Å². The van der Waals surface area contributed by atoms with E-state index in [1.54, 1.807) is 4.90 Å². The maximum Gasteiger partial charge on any atom is 0.410 e. The van der Waals surface area contributed by atoms with E-state index in [2.05, 4.69) is 39.2 Å². The van der Waals surface area contributed by atoms with Gasteiger partial charge in [0.2, 0.25) is 5.91 Å². The average Bonchev–Trinajstić information content (AvgIpc) is 3.34. The Morgan fingerprint density at radius 3 is 2.10 bits per heavy atom. The molecular formula is C21H40N2O6Si. The first-order valence-corrected chi connectivity index (χ1v) is 13.4. The van der Waals surface area contributed by atoms with Gasteiger partial charge in [0.15, 0.2) is 8.32 Å². The summed E-state index contributed by atoms with van der Waals surface area (Å²) in [7, 11) is -0.826. The minimum Gasteiger partial charge on any atom is -0.467 e. The Morgan fingerprint density at radius 2 is 1.67 bits per heavy atom. The first-order chi connectivity index (χ1) is 13.5. The molecule has 2 amide bonds. The van der Waals surface area contributed by atoms with Crippen molar-refractivity contribution in [3.05, 3.63) is 0 Å². The van der Waals surface area contributed by atoms with Crippen LogP contribution < -0.4 is 5.32 Å². The van der Waals surface area contributed by atoms with Gasteiger partial charge in [0.1, 0.15) is 11.6 Å². The van der Waals surface area contributed by atoms with Crippen LogP contribution in [0.25, 0.3) is 0 Å². The zero-order chi connectivity index (χ0) is 23.5. The van der Waals surface area contributed by atoms with Crippen LogP contribution in [0.4, 0.5) is 4.79 Å². The van der Waals surface area contributed by atoms with Crippen molar-refractivity contribution in [1.29, 1.82) is 0 Å². The van der Waals surface area contributed by atoms with Crippen LogP contribution in [0.3, 0.4) is 0 Å². The number of nitrogens with zero attached hydrogens (tertiary/aromatic N) is 1. The number of carbonyl (C=O) groups is 3. The third-order valence-corrected chi connectivity index (χ3v) is 10.1. The third-order valence-electron chi connectivity index (χ3n) is 5.56. The zero-order valence-corrected chi connectivity index (χ0v) is 21.3. The fraction of sp³-hybridized carbons (Fsp3) is 0.857. The number of nitrogens with one attached hydrogen (secondary N) is 1. The van der Waals surface area contributed by atoms with Gasteiger partial charge in [-0.05, 0) is 51.7 Å². The first-order valence-electron chi connectivity index (χ1n) is 10.5. The predicted octanol–water partition coefficient (Wildman–Crippen LogP) is 3.45. The van der Waals surface area contributed by atoms with E-state index in [-0.39, 0.29) is 29.2 Å². The van der Waals surface area contributed by atoms with Gasteiger partial charge in [0, 0.05) is 13.5 Å². The van der Waals surface area contributed by atoms with Gasteiger partial charge in [-0.3, -0.25) is 9.69 Å². The van der Waals surface area contributed by atoms with Crippen molar-refractivity contribution in [2.75, 3.05) is 13.7 Å². The maximum absolute atomic E-state index is 12.5. The number of hydrogen-bond donors (Lipinski definition) is 1. The van der Waals surface area contributed by atoms with E-state index < -0.39 is 25.9 Å². The molecular weight excluding hydrogens is 404 g/mol. The molecule has 0 aliphatic carbocycles.